The topological polar surface area (TPSA) is 22.1 Å². The van der Waals surface area contributed by atoms with Gasteiger partial charge < -0.3 is 4.43 Å². The van der Waals surface area contributed by atoms with Gasteiger partial charge in [-0.15, -0.1) is 11.3 Å². The van der Waals surface area contributed by atoms with Gasteiger partial charge in [0.2, 0.25) is 0 Å². The molecule has 4 heteroatoms. The molecule has 0 aliphatic rings. The fraction of sp³-hybridized carbons (Fsp3) is 0.700. The predicted molar refractivity (Wildman–Crippen MR) is 64.5 cm³/mol. The smallest absolute Gasteiger partial charge is 0.168 e. The zero-order valence-electron chi connectivity index (χ0n) is 9.63. The molecule has 14 heavy (non-hydrogen) atoms. The standard InChI is InChI=1S/C10H19NOSSi/c1-9(2,3)14-12-10(4,5)8-6-11-7-13-8/h6-7H,14H2,1-5H3. The Morgan fingerprint density at radius 2 is 1.93 bits per heavy atom. The summed E-state index contributed by atoms with van der Waals surface area (Å²) in [5, 5.41) is 0.349. The van der Waals surface area contributed by atoms with Crippen LogP contribution in [0.25, 0.3) is 0 Å². The molecule has 0 amide bonds. The minimum Gasteiger partial charge on any atom is -0.414 e. The second-order valence-electron chi connectivity index (χ2n) is 5.23. The summed E-state index contributed by atoms with van der Waals surface area (Å²) in [6, 6.07) is 0. The van der Waals surface area contributed by atoms with Crippen molar-refractivity contribution in [2.45, 2.75) is 45.3 Å². The zero-order valence-corrected chi connectivity index (χ0v) is 11.9. The lowest BCUT2D eigenvalue weighted by atomic mass is 10.1. The van der Waals surface area contributed by atoms with E-state index in [-0.39, 0.29) is 5.60 Å². The Bertz CT molecular complexity index is 277. The number of nitrogens with zero attached hydrogens (tertiary/aromatic N) is 1. The van der Waals surface area contributed by atoms with Crippen molar-refractivity contribution >= 4 is 21.1 Å². The van der Waals surface area contributed by atoms with Crippen molar-refractivity contribution in [3.63, 3.8) is 0 Å². The summed E-state index contributed by atoms with van der Waals surface area (Å²) in [7, 11) is -0.498. The van der Waals surface area contributed by atoms with Crippen LogP contribution in [0, 0.1) is 0 Å². The van der Waals surface area contributed by atoms with Gasteiger partial charge >= 0.3 is 0 Å². The van der Waals surface area contributed by atoms with Crippen LogP contribution in [0.3, 0.4) is 0 Å². The summed E-state index contributed by atoms with van der Waals surface area (Å²) < 4.78 is 6.05. The number of hydrogen-bond donors (Lipinski definition) is 0. The largest absolute Gasteiger partial charge is 0.414 e. The molecule has 1 aromatic rings. The highest BCUT2D eigenvalue weighted by Gasteiger charge is 2.25. The maximum Gasteiger partial charge on any atom is 0.168 e. The van der Waals surface area contributed by atoms with E-state index in [4.69, 9.17) is 4.43 Å². The molecule has 0 aromatic carbocycles. The van der Waals surface area contributed by atoms with Crippen molar-refractivity contribution in [1.82, 2.24) is 4.98 Å². The first-order valence-corrected chi connectivity index (χ1v) is 7.01. The Labute approximate surface area is 92.7 Å². The molecule has 0 aliphatic carbocycles. The first-order valence-electron chi connectivity index (χ1n) is 4.84. The molecule has 0 spiro atoms. The van der Waals surface area contributed by atoms with Crippen LogP contribution in [0.1, 0.15) is 39.5 Å². The van der Waals surface area contributed by atoms with Crippen LogP contribution in [0.5, 0.6) is 0 Å². The van der Waals surface area contributed by atoms with Crippen molar-refractivity contribution < 1.29 is 4.43 Å². The molecule has 0 saturated carbocycles. The number of thiazole rings is 1. The van der Waals surface area contributed by atoms with Gasteiger partial charge in [0.1, 0.15) is 0 Å². The quantitative estimate of drug-likeness (QED) is 0.744. The van der Waals surface area contributed by atoms with Crippen LogP contribution < -0.4 is 0 Å². The van der Waals surface area contributed by atoms with Gasteiger partial charge in [-0.1, -0.05) is 20.8 Å². The number of aromatic nitrogens is 1. The van der Waals surface area contributed by atoms with Crippen LogP contribution in [0.4, 0.5) is 0 Å². The van der Waals surface area contributed by atoms with Crippen LogP contribution in [0.2, 0.25) is 5.04 Å². The minimum atomic E-state index is -0.498. The molecule has 0 atom stereocenters. The van der Waals surface area contributed by atoms with Gasteiger partial charge in [-0.05, 0) is 18.9 Å². The fourth-order valence-corrected chi connectivity index (χ4v) is 2.73. The maximum atomic E-state index is 6.05. The van der Waals surface area contributed by atoms with Gasteiger partial charge in [0, 0.05) is 6.20 Å². The van der Waals surface area contributed by atoms with Crippen LogP contribution in [0.15, 0.2) is 11.7 Å². The lowest BCUT2D eigenvalue weighted by Gasteiger charge is -2.28. The normalized spacial score (nSPS) is 14.1. The summed E-state index contributed by atoms with van der Waals surface area (Å²) in [5.74, 6) is 0. The monoisotopic (exact) mass is 229 g/mol. The van der Waals surface area contributed by atoms with E-state index in [0.717, 1.165) is 0 Å². The number of hydrogen-bond acceptors (Lipinski definition) is 3. The Balaban J connectivity index is 2.59. The third-order valence-corrected chi connectivity index (χ3v) is 4.70. The van der Waals surface area contributed by atoms with E-state index < -0.39 is 9.76 Å². The highest BCUT2D eigenvalue weighted by atomic mass is 32.1. The summed E-state index contributed by atoms with van der Waals surface area (Å²) in [6.07, 6.45) is 1.90. The predicted octanol–water partition coefficient (Wildman–Crippen LogP) is 2.70. The van der Waals surface area contributed by atoms with E-state index >= 15 is 0 Å². The van der Waals surface area contributed by atoms with Gasteiger partial charge in [0.25, 0.3) is 0 Å². The van der Waals surface area contributed by atoms with Gasteiger partial charge in [0.05, 0.1) is 16.0 Å². The first-order chi connectivity index (χ1) is 6.31. The maximum absolute atomic E-state index is 6.05. The van der Waals surface area contributed by atoms with E-state index in [1.165, 1.54) is 4.88 Å². The molecular formula is C10H19NOSSi. The molecule has 2 nitrogen and oxygen atoms in total. The number of rotatable bonds is 3. The molecule has 0 N–H and O–H groups in total. The molecule has 1 aromatic heterocycles. The van der Waals surface area contributed by atoms with E-state index in [1.807, 2.05) is 11.7 Å². The van der Waals surface area contributed by atoms with E-state index in [2.05, 4.69) is 39.6 Å². The third kappa shape index (κ3) is 3.51. The molecule has 0 fully saturated rings. The molecule has 1 heterocycles. The van der Waals surface area contributed by atoms with Crippen molar-refractivity contribution in [3.8, 4) is 0 Å². The van der Waals surface area contributed by atoms with Crippen molar-refractivity contribution in [2.24, 2.45) is 0 Å². The highest BCUT2D eigenvalue weighted by molar-refractivity contribution is 7.09. The minimum absolute atomic E-state index is 0.152. The molecule has 0 unspecified atom stereocenters. The lowest BCUT2D eigenvalue weighted by Crippen LogP contribution is -2.26. The van der Waals surface area contributed by atoms with Crippen LogP contribution >= 0.6 is 11.3 Å². The molecule has 0 saturated heterocycles. The van der Waals surface area contributed by atoms with Crippen molar-refractivity contribution in [2.75, 3.05) is 0 Å². The van der Waals surface area contributed by atoms with Crippen LogP contribution in [-0.4, -0.2) is 14.7 Å². The summed E-state index contributed by atoms with van der Waals surface area (Å²) in [5.41, 5.74) is 1.71. The second kappa shape index (κ2) is 4.12. The van der Waals surface area contributed by atoms with E-state index in [1.54, 1.807) is 11.3 Å². The SMILES string of the molecule is CC(C)(C)[SiH2]OC(C)(C)c1cncs1. The second-order valence-corrected chi connectivity index (χ2v) is 8.81. The molecular weight excluding hydrogens is 210 g/mol. The Hall–Kier alpha value is -0.193. The Morgan fingerprint density at radius 3 is 2.36 bits per heavy atom. The highest BCUT2D eigenvalue weighted by Crippen LogP contribution is 2.30. The van der Waals surface area contributed by atoms with E-state index in [0.29, 0.717) is 5.04 Å². The molecule has 80 valence electrons. The van der Waals surface area contributed by atoms with Crippen molar-refractivity contribution in [3.05, 3.63) is 16.6 Å². The third-order valence-electron chi connectivity index (χ3n) is 1.89. The average Bonchev–Trinajstić information content (AvgIpc) is 2.52. The van der Waals surface area contributed by atoms with E-state index in [9.17, 15) is 0 Å². The lowest BCUT2D eigenvalue weighted by molar-refractivity contribution is 0.113. The van der Waals surface area contributed by atoms with Gasteiger partial charge in [-0.25, -0.2) is 0 Å². The Kier molecular flexibility index (Phi) is 3.50. The zero-order chi connectivity index (χ0) is 10.8. The first kappa shape index (κ1) is 11.9. The molecule has 0 aliphatic heterocycles. The summed E-state index contributed by atoms with van der Waals surface area (Å²) in [4.78, 5) is 5.30. The average molecular weight is 229 g/mol. The van der Waals surface area contributed by atoms with Crippen LogP contribution in [-0.2, 0) is 10.0 Å². The molecule has 0 bridgehead atoms. The van der Waals surface area contributed by atoms with Gasteiger partial charge in [0.15, 0.2) is 9.76 Å². The summed E-state index contributed by atoms with van der Waals surface area (Å²) in [6.45, 7) is 11.0. The van der Waals surface area contributed by atoms with Gasteiger partial charge in [-0.2, -0.15) is 0 Å². The fourth-order valence-electron chi connectivity index (χ4n) is 0.981. The molecule has 1 rings (SSSR count). The Morgan fingerprint density at radius 1 is 1.29 bits per heavy atom. The summed E-state index contributed by atoms with van der Waals surface area (Å²) >= 11 is 1.67. The van der Waals surface area contributed by atoms with Crippen molar-refractivity contribution in [1.29, 1.82) is 0 Å². The molecule has 0 radical (unpaired) electrons. The van der Waals surface area contributed by atoms with Gasteiger partial charge in [-0.3, -0.25) is 4.98 Å².